The summed E-state index contributed by atoms with van der Waals surface area (Å²) in [6, 6.07) is 0. The van der Waals surface area contributed by atoms with Crippen LogP contribution in [-0.4, -0.2) is 41.1 Å². The lowest BCUT2D eigenvalue weighted by Gasteiger charge is -2.48. The van der Waals surface area contributed by atoms with E-state index in [1.807, 2.05) is 4.90 Å². The van der Waals surface area contributed by atoms with Gasteiger partial charge in [-0.15, -0.1) is 0 Å². The highest BCUT2D eigenvalue weighted by Crippen LogP contribution is 2.45. The van der Waals surface area contributed by atoms with Gasteiger partial charge in [0.1, 0.15) is 5.60 Å². The molecule has 4 nitrogen and oxygen atoms in total. The Kier molecular flexibility index (Phi) is 2.67. The third-order valence-electron chi connectivity index (χ3n) is 4.86. The molecule has 4 heteroatoms. The lowest BCUT2D eigenvalue weighted by atomic mass is 9.86. The van der Waals surface area contributed by atoms with Crippen molar-refractivity contribution in [1.29, 1.82) is 0 Å². The largest absolute Gasteiger partial charge is 0.386 e. The number of nitrogens with two attached hydrogens (primary N) is 1. The molecule has 0 spiro atoms. The number of rotatable bonds is 3. The minimum absolute atomic E-state index is 0.128. The third-order valence-corrected chi connectivity index (χ3v) is 4.86. The van der Waals surface area contributed by atoms with E-state index >= 15 is 0 Å². The topological polar surface area (TPSA) is 66.6 Å². The fraction of sp³-hybridized carbons (Fsp3) is 0.923. The first kappa shape index (κ1) is 11.5. The molecule has 3 rings (SSSR count). The normalized spacial score (nSPS) is 35.8. The third kappa shape index (κ3) is 1.87. The molecule has 3 N–H and O–H groups in total. The minimum atomic E-state index is -0.549. The summed E-state index contributed by atoms with van der Waals surface area (Å²) in [5, 5.41) is 10.2. The molecule has 2 saturated carbocycles. The zero-order valence-electron chi connectivity index (χ0n) is 10.3. The quantitative estimate of drug-likeness (QED) is 0.745. The lowest BCUT2D eigenvalue weighted by molar-refractivity contribution is -0.164. The molecule has 0 aromatic carbocycles. The Bertz CT molecular complexity index is 321. The molecular formula is C13H22N2O2. The van der Waals surface area contributed by atoms with E-state index in [0.29, 0.717) is 31.5 Å². The summed E-state index contributed by atoms with van der Waals surface area (Å²) in [5.74, 6) is 1.20. The zero-order chi connectivity index (χ0) is 12.0. The van der Waals surface area contributed by atoms with E-state index in [4.69, 9.17) is 5.73 Å². The molecule has 0 aromatic rings. The van der Waals surface area contributed by atoms with Gasteiger partial charge in [-0.2, -0.15) is 0 Å². The molecule has 3 fully saturated rings. The summed E-state index contributed by atoms with van der Waals surface area (Å²) >= 11 is 0. The van der Waals surface area contributed by atoms with Crippen molar-refractivity contribution >= 4 is 5.91 Å². The Balaban J connectivity index is 1.57. The molecule has 96 valence electrons. The van der Waals surface area contributed by atoms with Gasteiger partial charge in [0.05, 0.1) is 13.1 Å². The highest BCUT2D eigenvalue weighted by Gasteiger charge is 2.54. The number of hydrogen-bond donors (Lipinski definition) is 2. The average Bonchev–Trinajstić information content (AvgIpc) is 3.02. The van der Waals surface area contributed by atoms with Crippen LogP contribution in [0.4, 0.5) is 0 Å². The van der Waals surface area contributed by atoms with Crippen LogP contribution in [0.1, 0.15) is 32.1 Å². The van der Waals surface area contributed by atoms with E-state index in [1.54, 1.807) is 0 Å². The molecule has 1 aliphatic heterocycles. The van der Waals surface area contributed by atoms with Crippen LogP contribution in [-0.2, 0) is 4.79 Å². The standard InChI is InChI=1S/C13H22N2O2/c14-6-9-2-1-3-11(9)12(16)15-7-13(17,8-15)10-4-5-10/h9-11,17H,1-8,14H2. The highest BCUT2D eigenvalue weighted by atomic mass is 16.3. The van der Waals surface area contributed by atoms with Gasteiger partial charge in [0, 0.05) is 5.92 Å². The summed E-state index contributed by atoms with van der Waals surface area (Å²) in [4.78, 5) is 14.1. The molecule has 0 radical (unpaired) electrons. The zero-order valence-corrected chi connectivity index (χ0v) is 10.3. The summed E-state index contributed by atoms with van der Waals surface area (Å²) in [7, 11) is 0. The molecule has 1 saturated heterocycles. The van der Waals surface area contributed by atoms with Crippen molar-refractivity contribution in [3.63, 3.8) is 0 Å². The number of amides is 1. The maximum atomic E-state index is 12.3. The summed E-state index contributed by atoms with van der Waals surface area (Å²) < 4.78 is 0. The van der Waals surface area contributed by atoms with Gasteiger partial charge < -0.3 is 15.7 Å². The Hall–Kier alpha value is -0.610. The second kappa shape index (κ2) is 3.95. The van der Waals surface area contributed by atoms with Crippen LogP contribution in [0.5, 0.6) is 0 Å². The van der Waals surface area contributed by atoms with Gasteiger partial charge in [-0.3, -0.25) is 4.79 Å². The first-order valence-corrected chi connectivity index (χ1v) is 6.85. The second-order valence-corrected chi connectivity index (χ2v) is 6.11. The maximum Gasteiger partial charge on any atom is 0.226 e. The van der Waals surface area contributed by atoms with E-state index in [2.05, 4.69) is 0 Å². The van der Waals surface area contributed by atoms with Gasteiger partial charge in [0.15, 0.2) is 0 Å². The van der Waals surface area contributed by atoms with Gasteiger partial charge >= 0.3 is 0 Å². The fourth-order valence-corrected chi connectivity index (χ4v) is 3.53. The van der Waals surface area contributed by atoms with Gasteiger partial charge in [0.2, 0.25) is 5.91 Å². The predicted octanol–water partition coefficient (Wildman–Crippen LogP) is 0.345. The van der Waals surface area contributed by atoms with E-state index in [0.717, 1.165) is 32.1 Å². The number of carbonyl (C=O) groups is 1. The van der Waals surface area contributed by atoms with Crippen molar-refractivity contribution in [2.45, 2.75) is 37.7 Å². The molecule has 0 bridgehead atoms. The smallest absolute Gasteiger partial charge is 0.226 e. The molecule has 0 aromatic heterocycles. The van der Waals surface area contributed by atoms with E-state index in [9.17, 15) is 9.90 Å². The van der Waals surface area contributed by atoms with Crippen LogP contribution in [0.2, 0.25) is 0 Å². The molecule has 1 amide bonds. The molecule has 1 heterocycles. The van der Waals surface area contributed by atoms with Gasteiger partial charge in [-0.25, -0.2) is 0 Å². The molecule has 2 atom stereocenters. The lowest BCUT2D eigenvalue weighted by Crippen LogP contribution is -2.65. The van der Waals surface area contributed by atoms with Crippen molar-refractivity contribution in [3.8, 4) is 0 Å². The molecule has 3 aliphatic rings. The van der Waals surface area contributed by atoms with Crippen molar-refractivity contribution in [3.05, 3.63) is 0 Å². The van der Waals surface area contributed by atoms with Crippen LogP contribution in [0.3, 0.4) is 0 Å². The minimum Gasteiger partial charge on any atom is -0.386 e. The number of nitrogens with zero attached hydrogens (tertiary/aromatic N) is 1. The number of likely N-dealkylation sites (tertiary alicyclic amines) is 1. The second-order valence-electron chi connectivity index (χ2n) is 6.11. The number of aliphatic hydroxyl groups is 1. The molecular weight excluding hydrogens is 216 g/mol. The highest BCUT2D eigenvalue weighted by molar-refractivity contribution is 5.80. The van der Waals surface area contributed by atoms with E-state index < -0.39 is 5.60 Å². The SMILES string of the molecule is NCC1CCCC1C(=O)N1CC(O)(C2CC2)C1. The summed E-state index contributed by atoms with van der Waals surface area (Å²) in [6.07, 6.45) is 5.46. The van der Waals surface area contributed by atoms with Crippen molar-refractivity contribution in [2.75, 3.05) is 19.6 Å². The Morgan fingerprint density at radius 2 is 2.00 bits per heavy atom. The van der Waals surface area contributed by atoms with Gasteiger partial charge in [0.25, 0.3) is 0 Å². The molecule has 17 heavy (non-hydrogen) atoms. The van der Waals surface area contributed by atoms with Crippen LogP contribution >= 0.6 is 0 Å². The monoisotopic (exact) mass is 238 g/mol. The fourth-order valence-electron chi connectivity index (χ4n) is 3.53. The van der Waals surface area contributed by atoms with E-state index in [1.165, 1.54) is 0 Å². The van der Waals surface area contributed by atoms with Crippen LogP contribution < -0.4 is 5.73 Å². The van der Waals surface area contributed by atoms with Crippen LogP contribution in [0.25, 0.3) is 0 Å². The summed E-state index contributed by atoms with van der Waals surface area (Å²) in [5.41, 5.74) is 5.16. The number of carbonyl (C=O) groups excluding carboxylic acids is 1. The maximum absolute atomic E-state index is 12.3. The van der Waals surface area contributed by atoms with Crippen molar-refractivity contribution in [2.24, 2.45) is 23.5 Å². The Morgan fingerprint density at radius 3 is 2.59 bits per heavy atom. The van der Waals surface area contributed by atoms with Crippen molar-refractivity contribution in [1.82, 2.24) is 4.90 Å². The van der Waals surface area contributed by atoms with Crippen molar-refractivity contribution < 1.29 is 9.90 Å². The first-order chi connectivity index (χ1) is 8.14. The first-order valence-electron chi connectivity index (χ1n) is 6.85. The van der Waals surface area contributed by atoms with E-state index in [-0.39, 0.29) is 11.8 Å². The number of hydrogen-bond acceptors (Lipinski definition) is 3. The van der Waals surface area contributed by atoms with Crippen LogP contribution in [0, 0.1) is 17.8 Å². The van der Waals surface area contributed by atoms with Gasteiger partial charge in [-0.05, 0) is 44.1 Å². The van der Waals surface area contributed by atoms with Crippen LogP contribution in [0.15, 0.2) is 0 Å². The molecule has 2 aliphatic carbocycles. The Morgan fingerprint density at radius 1 is 1.29 bits per heavy atom. The van der Waals surface area contributed by atoms with Gasteiger partial charge in [-0.1, -0.05) is 6.42 Å². The average molecular weight is 238 g/mol. The Labute approximate surface area is 102 Å². The molecule has 2 unspecified atom stereocenters. The predicted molar refractivity (Wildman–Crippen MR) is 64.1 cm³/mol. The summed E-state index contributed by atoms with van der Waals surface area (Å²) in [6.45, 7) is 1.74. The number of β-amino-alcohol motifs (C(OH)–C–C–N with tert-alkyl or cyclic N) is 1.